The predicted octanol–water partition coefficient (Wildman–Crippen LogP) is 0.893. The molecule has 1 saturated heterocycles. The lowest BCUT2D eigenvalue weighted by Crippen LogP contribution is -2.53. The van der Waals surface area contributed by atoms with Crippen molar-refractivity contribution in [2.45, 2.75) is 31.7 Å². The molecule has 6 nitrogen and oxygen atoms in total. The van der Waals surface area contributed by atoms with Crippen molar-refractivity contribution in [2.24, 2.45) is 0 Å². The van der Waals surface area contributed by atoms with Gasteiger partial charge in [0, 0.05) is 13.1 Å². The van der Waals surface area contributed by atoms with Gasteiger partial charge in [0.25, 0.3) is 0 Å². The van der Waals surface area contributed by atoms with Crippen LogP contribution in [-0.4, -0.2) is 53.3 Å². The predicted molar refractivity (Wildman–Crippen MR) is 71.5 cm³/mol. The van der Waals surface area contributed by atoms with Crippen molar-refractivity contribution in [2.75, 3.05) is 25.1 Å². The summed E-state index contributed by atoms with van der Waals surface area (Å²) in [5.74, 6) is -0.279. The average Bonchev–Trinajstić information content (AvgIpc) is 2.35. The molecule has 0 aromatic rings. The lowest BCUT2D eigenvalue weighted by atomic mass is 10.2. The summed E-state index contributed by atoms with van der Waals surface area (Å²) in [4.78, 5) is 22.6. The van der Waals surface area contributed by atoms with E-state index in [1.54, 1.807) is 11.8 Å². The number of carbonyl (C=O) groups is 2. The van der Waals surface area contributed by atoms with E-state index in [2.05, 4.69) is 10.7 Å². The number of carbonyl (C=O) groups excluding carboxylic acids is 1. The Kier molecular flexibility index (Phi) is 6.89. The molecule has 7 heteroatoms. The Morgan fingerprint density at radius 2 is 2.00 bits per heavy atom. The molecule has 0 bridgehead atoms. The minimum atomic E-state index is -0.988. The molecule has 18 heavy (non-hydrogen) atoms. The second-order valence-electron chi connectivity index (χ2n) is 4.31. The molecule has 0 spiro atoms. The van der Waals surface area contributed by atoms with Crippen molar-refractivity contribution in [3.05, 3.63) is 0 Å². The van der Waals surface area contributed by atoms with Crippen LogP contribution in [0.5, 0.6) is 0 Å². The molecule has 1 aliphatic heterocycles. The van der Waals surface area contributed by atoms with E-state index in [1.165, 1.54) is 6.42 Å². The van der Waals surface area contributed by atoms with Gasteiger partial charge in [-0.3, -0.25) is 5.43 Å². The summed E-state index contributed by atoms with van der Waals surface area (Å²) in [6.07, 6.45) is 5.66. The van der Waals surface area contributed by atoms with E-state index in [4.69, 9.17) is 5.11 Å². The summed E-state index contributed by atoms with van der Waals surface area (Å²) in [7, 11) is 0. The number of carboxylic acids is 1. The van der Waals surface area contributed by atoms with Gasteiger partial charge in [-0.05, 0) is 31.3 Å². The van der Waals surface area contributed by atoms with Crippen LogP contribution in [0.1, 0.15) is 25.7 Å². The van der Waals surface area contributed by atoms with Crippen molar-refractivity contribution < 1.29 is 14.7 Å². The van der Waals surface area contributed by atoms with Crippen LogP contribution >= 0.6 is 11.8 Å². The van der Waals surface area contributed by atoms with Crippen molar-refractivity contribution in [1.82, 2.24) is 15.8 Å². The maximum atomic E-state index is 11.7. The molecule has 1 rings (SSSR count). The van der Waals surface area contributed by atoms with Crippen LogP contribution in [0, 0.1) is 0 Å². The molecule has 0 saturated carbocycles. The van der Waals surface area contributed by atoms with Gasteiger partial charge in [-0.15, -0.1) is 0 Å². The standard InChI is InChI=1S/C11H21N3O3S/c1-18-8-5-9(10(15)16)12-11(17)13-14-6-3-2-4-7-14/h9H,2-8H2,1H3,(H,15,16)(H2,12,13,17). The normalized spacial score (nSPS) is 18.1. The third kappa shape index (κ3) is 5.59. The first kappa shape index (κ1) is 15.1. The molecule has 1 unspecified atom stereocenters. The maximum absolute atomic E-state index is 11.7. The second-order valence-corrected chi connectivity index (χ2v) is 5.29. The van der Waals surface area contributed by atoms with Crippen LogP contribution in [-0.2, 0) is 4.79 Å². The topological polar surface area (TPSA) is 81.7 Å². The van der Waals surface area contributed by atoms with Gasteiger partial charge in [0.15, 0.2) is 0 Å². The molecule has 1 fully saturated rings. The largest absolute Gasteiger partial charge is 0.480 e. The van der Waals surface area contributed by atoms with E-state index in [-0.39, 0.29) is 0 Å². The number of piperidine rings is 1. The van der Waals surface area contributed by atoms with Crippen LogP contribution < -0.4 is 10.7 Å². The van der Waals surface area contributed by atoms with Crippen LogP contribution in [0.4, 0.5) is 4.79 Å². The first-order chi connectivity index (χ1) is 8.63. The molecule has 0 aliphatic carbocycles. The summed E-state index contributed by atoms with van der Waals surface area (Å²) in [5.41, 5.74) is 2.69. The Morgan fingerprint density at radius 3 is 2.56 bits per heavy atom. The van der Waals surface area contributed by atoms with E-state index in [1.807, 2.05) is 11.3 Å². The lowest BCUT2D eigenvalue weighted by Gasteiger charge is -2.27. The fourth-order valence-corrected chi connectivity index (χ4v) is 2.30. The number of nitrogens with one attached hydrogen (secondary N) is 2. The molecule has 0 radical (unpaired) electrons. The summed E-state index contributed by atoms with van der Waals surface area (Å²) in [6, 6.07) is -1.24. The van der Waals surface area contributed by atoms with E-state index < -0.39 is 18.0 Å². The molecule has 2 amide bonds. The molecular weight excluding hydrogens is 254 g/mol. The van der Waals surface area contributed by atoms with E-state index in [0.29, 0.717) is 12.2 Å². The van der Waals surface area contributed by atoms with Crippen molar-refractivity contribution in [3.63, 3.8) is 0 Å². The quantitative estimate of drug-likeness (QED) is 0.671. The summed E-state index contributed by atoms with van der Waals surface area (Å²) in [5, 5.41) is 13.3. The monoisotopic (exact) mass is 275 g/mol. The van der Waals surface area contributed by atoms with Gasteiger partial charge < -0.3 is 10.4 Å². The number of thioether (sulfide) groups is 1. The van der Waals surface area contributed by atoms with Gasteiger partial charge in [-0.1, -0.05) is 6.42 Å². The van der Waals surface area contributed by atoms with Gasteiger partial charge in [-0.25, -0.2) is 14.6 Å². The number of hydrogen-bond acceptors (Lipinski definition) is 4. The zero-order valence-electron chi connectivity index (χ0n) is 10.6. The number of hydrazine groups is 1. The highest BCUT2D eigenvalue weighted by atomic mass is 32.2. The van der Waals surface area contributed by atoms with E-state index in [0.717, 1.165) is 25.9 Å². The Labute approximate surface area is 111 Å². The molecule has 0 aromatic carbocycles. The fraction of sp³-hybridized carbons (Fsp3) is 0.818. The average molecular weight is 275 g/mol. The highest BCUT2D eigenvalue weighted by Gasteiger charge is 2.20. The van der Waals surface area contributed by atoms with Crippen LogP contribution in [0.25, 0.3) is 0 Å². The highest BCUT2D eigenvalue weighted by Crippen LogP contribution is 2.06. The van der Waals surface area contributed by atoms with E-state index in [9.17, 15) is 9.59 Å². The molecule has 104 valence electrons. The first-order valence-electron chi connectivity index (χ1n) is 6.17. The third-order valence-electron chi connectivity index (χ3n) is 2.83. The Hall–Kier alpha value is -0.950. The lowest BCUT2D eigenvalue weighted by molar-refractivity contribution is -0.139. The maximum Gasteiger partial charge on any atom is 0.330 e. The fourth-order valence-electron chi connectivity index (χ4n) is 1.83. The Bertz CT molecular complexity index is 283. The van der Waals surface area contributed by atoms with E-state index >= 15 is 0 Å². The van der Waals surface area contributed by atoms with Gasteiger partial charge in [-0.2, -0.15) is 11.8 Å². The van der Waals surface area contributed by atoms with Crippen LogP contribution in [0.3, 0.4) is 0 Å². The number of urea groups is 1. The molecular formula is C11H21N3O3S. The van der Waals surface area contributed by atoms with Gasteiger partial charge >= 0.3 is 12.0 Å². The third-order valence-corrected chi connectivity index (χ3v) is 3.47. The molecule has 1 atom stereocenters. The van der Waals surface area contributed by atoms with Crippen molar-refractivity contribution in [1.29, 1.82) is 0 Å². The van der Waals surface area contributed by atoms with Crippen LogP contribution in [0.2, 0.25) is 0 Å². The van der Waals surface area contributed by atoms with Gasteiger partial charge in [0.05, 0.1) is 0 Å². The smallest absolute Gasteiger partial charge is 0.330 e. The summed E-state index contributed by atoms with van der Waals surface area (Å²) < 4.78 is 0. The number of rotatable bonds is 6. The minimum Gasteiger partial charge on any atom is -0.480 e. The number of nitrogens with zero attached hydrogens (tertiary/aromatic N) is 1. The number of amides is 2. The number of aliphatic carboxylic acids is 1. The van der Waals surface area contributed by atoms with Gasteiger partial charge in [0.2, 0.25) is 0 Å². The molecule has 0 aromatic heterocycles. The zero-order chi connectivity index (χ0) is 13.4. The zero-order valence-corrected chi connectivity index (χ0v) is 11.5. The number of carboxylic acid groups (broad SMARTS) is 1. The Morgan fingerprint density at radius 1 is 1.33 bits per heavy atom. The SMILES string of the molecule is CSCCC(NC(=O)NN1CCCCC1)C(=O)O. The first-order valence-corrected chi connectivity index (χ1v) is 7.56. The summed E-state index contributed by atoms with van der Waals surface area (Å²) >= 11 is 1.56. The number of hydrogen-bond donors (Lipinski definition) is 3. The molecule has 1 aliphatic rings. The van der Waals surface area contributed by atoms with Gasteiger partial charge in [0.1, 0.15) is 6.04 Å². The highest BCUT2D eigenvalue weighted by molar-refractivity contribution is 7.98. The minimum absolute atomic E-state index is 0.426. The Balaban J connectivity index is 2.32. The molecule has 1 heterocycles. The second kappa shape index (κ2) is 8.20. The van der Waals surface area contributed by atoms with Crippen LogP contribution in [0.15, 0.2) is 0 Å². The van der Waals surface area contributed by atoms with Crippen molar-refractivity contribution >= 4 is 23.8 Å². The molecule has 3 N–H and O–H groups in total. The summed E-state index contributed by atoms with van der Waals surface area (Å²) in [6.45, 7) is 1.66. The van der Waals surface area contributed by atoms with Crippen molar-refractivity contribution in [3.8, 4) is 0 Å².